The molecule has 1 aliphatic rings. The summed E-state index contributed by atoms with van der Waals surface area (Å²) in [6.45, 7) is 0.790. The van der Waals surface area contributed by atoms with Gasteiger partial charge >= 0.3 is 0 Å². The Morgan fingerprint density at radius 2 is 2.27 bits per heavy atom. The van der Waals surface area contributed by atoms with Crippen LogP contribution in [0.5, 0.6) is 0 Å². The Hall–Kier alpha value is -2.06. The van der Waals surface area contributed by atoms with E-state index in [1.54, 1.807) is 31.1 Å². The van der Waals surface area contributed by atoms with E-state index in [1.807, 2.05) is 23.1 Å². The van der Waals surface area contributed by atoms with Gasteiger partial charge in [0.25, 0.3) is 0 Å². The third-order valence-corrected chi connectivity index (χ3v) is 5.04. The van der Waals surface area contributed by atoms with Crippen LogP contribution in [0.4, 0.5) is 5.82 Å². The van der Waals surface area contributed by atoms with Gasteiger partial charge in [-0.05, 0) is 11.4 Å². The van der Waals surface area contributed by atoms with Crippen LogP contribution in [-0.2, 0) is 11.8 Å². The van der Waals surface area contributed by atoms with E-state index in [1.165, 1.54) is 0 Å². The van der Waals surface area contributed by atoms with Gasteiger partial charge in [-0.3, -0.25) is 0 Å². The zero-order valence-electron chi connectivity index (χ0n) is 12.4. The summed E-state index contributed by atoms with van der Waals surface area (Å²) in [5.41, 5.74) is 0.979. The van der Waals surface area contributed by atoms with E-state index >= 15 is 0 Å². The molecule has 22 heavy (non-hydrogen) atoms. The maximum absolute atomic E-state index is 5.59. The Morgan fingerprint density at radius 1 is 1.36 bits per heavy atom. The lowest BCUT2D eigenvalue weighted by Gasteiger charge is -2.24. The fourth-order valence-corrected chi connectivity index (χ4v) is 3.87. The molecular weight excluding hydrogens is 300 g/mol. The molecule has 3 aromatic heterocycles. The predicted octanol–water partition coefficient (Wildman–Crippen LogP) is 1.79. The summed E-state index contributed by atoms with van der Waals surface area (Å²) < 4.78 is 8.65. The Bertz CT molecular complexity index is 799. The van der Waals surface area contributed by atoms with Crippen LogP contribution < -0.4 is 4.90 Å². The van der Waals surface area contributed by atoms with Crippen molar-refractivity contribution in [3.05, 3.63) is 29.9 Å². The van der Waals surface area contributed by atoms with Gasteiger partial charge in [0, 0.05) is 27.1 Å². The second kappa shape index (κ2) is 5.29. The molecule has 0 amide bonds. The summed E-state index contributed by atoms with van der Waals surface area (Å²) in [5.74, 6) is 1.88. The lowest BCUT2D eigenvalue weighted by Crippen LogP contribution is -2.27. The topological polar surface area (TPSA) is 69.0 Å². The van der Waals surface area contributed by atoms with Gasteiger partial charge in [0.15, 0.2) is 11.6 Å². The molecule has 0 spiro atoms. The number of hydrogen-bond donors (Lipinski definition) is 0. The third-order valence-electron chi connectivity index (χ3n) is 4.14. The van der Waals surface area contributed by atoms with E-state index in [4.69, 9.17) is 4.74 Å². The molecule has 1 saturated heterocycles. The highest BCUT2D eigenvalue weighted by Crippen LogP contribution is 2.39. The molecule has 114 valence electrons. The van der Waals surface area contributed by atoms with Crippen LogP contribution in [-0.4, -0.2) is 44.5 Å². The largest absolute Gasteiger partial charge is 0.380 e. The monoisotopic (exact) mass is 316 g/mol. The second-order valence-corrected chi connectivity index (χ2v) is 6.31. The molecule has 4 heterocycles. The lowest BCUT2D eigenvalue weighted by atomic mass is 10.2. The van der Waals surface area contributed by atoms with Gasteiger partial charge in [0.05, 0.1) is 22.4 Å². The Labute approximate surface area is 131 Å². The van der Waals surface area contributed by atoms with Crippen molar-refractivity contribution in [2.24, 2.45) is 7.05 Å². The minimum absolute atomic E-state index is 0.109. The maximum atomic E-state index is 5.59. The molecule has 2 atom stereocenters. The van der Waals surface area contributed by atoms with Crippen LogP contribution in [0.2, 0.25) is 0 Å². The van der Waals surface area contributed by atoms with Crippen LogP contribution in [0.1, 0.15) is 18.3 Å². The van der Waals surface area contributed by atoms with E-state index in [0.717, 1.165) is 34.8 Å². The first kappa shape index (κ1) is 13.6. The summed E-state index contributed by atoms with van der Waals surface area (Å²) in [5, 5.41) is 10.3. The quantitative estimate of drug-likeness (QED) is 0.734. The van der Waals surface area contributed by atoms with E-state index < -0.39 is 0 Å². The summed E-state index contributed by atoms with van der Waals surface area (Å²) in [7, 11) is 3.72. The number of aromatic nitrogens is 5. The van der Waals surface area contributed by atoms with Gasteiger partial charge in [-0.15, -0.1) is 21.5 Å². The number of ether oxygens (including phenoxy) is 1. The van der Waals surface area contributed by atoms with Crippen LogP contribution in [0.3, 0.4) is 0 Å². The highest BCUT2D eigenvalue weighted by molar-refractivity contribution is 7.17. The maximum Gasteiger partial charge on any atom is 0.155 e. The number of rotatable bonds is 3. The van der Waals surface area contributed by atoms with Crippen molar-refractivity contribution in [3.63, 3.8) is 0 Å². The summed E-state index contributed by atoms with van der Waals surface area (Å²) in [4.78, 5) is 11.1. The predicted molar refractivity (Wildman–Crippen MR) is 83.9 cm³/mol. The van der Waals surface area contributed by atoms with Gasteiger partial charge in [0.2, 0.25) is 0 Å². The minimum atomic E-state index is 0.109. The SMILES string of the molecule is CO[C@@H]1C[C@@H](c2nncn2C)N(c2ncnc3ccsc23)C1. The first-order valence-electron chi connectivity index (χ1n) is 7.09. The number of fused-ring (bicyclic) bond motifs is 1. The van der Waals surface area contributed by atoms with Crippen LogP contribution >= 0.6 is 11.3 Å². The molecule has 8 heteroatoms. The number of thiophene rings is 1. The molecule has 4 rings (SSSR count). The van der Waals surface area contributed by atoms with Gasteiger partial charge in [-0.2, -0.15) is 0 Å². The van der Waals surface area contributed by atoms with Crippen LogP contribution in [0, 0.1) is 0 Å². The molecule has 0 N–H and O–H groups in total. The van der Waals surface area contributed by atoms with Crippen LogP contribution in [0.15, 0.2) is 24.1 Å². The summed E-state index contributed by atoms with van der Waals surface area (Å²) in [6, 6.07) is 2.13. The Kier molecular flexibility index (Phi) is 3.27. The highest BCUT2D eigenvalue weighted by atomic mass is 32.1. The Morgan fingerprint density at radius 3 is 3.05 bits per heavy atom. The van der Waals surface area contributed by atoms with Crippen molar-refractivity contribution in [3.8, 4) is 0 Å². The molecule has 7 nitrogen and oxygen atoms in total. The standard InChI is InChI=1S/C14H16N6OS/c1-19-8-17-18-13(19)11-5-9(21-2)6-20(11)14-12-10(3-4-22-12)15-7-16-14/h3-4,7-9,11H,5-6H2,1-2H3/t9-,11+/m1/s1. The van der Waals surface area contributed by atoms with Gasteiger partial charge in [-0.25, -0.2) is 9.97 Å². The van der Waals surface area contributed by atoms with E-state index in [-0.39, 0.29) is 12.1 Å². The van der Waals surface area contributed by atoms with Gasteiger partial charge in [0.1, 0.15) is 12.7 Å². The number of aryl methyl sites for hydroxylation is 1. The first-order chi connectivity index (χ1) is 10.8. The average molecular weight is 316 g/mol. The lowest BCUT2D eigenvalue weighted by molar-refractivity contribution is 0.118. The molecule has 0 radical (unpaired) electrons. The molecule has 1 fully saturated rings. The molecule has 0 saturated carbocycles. The molecule has 3 aromatic rings. The Balaban J connectivity index is 1.81. The molecule has 0 bridgehead atoms. The molecule has 0 unspecified atom stereocenters. The summed E-state index contributed by atoms with van der Waals surface area (Å²) in [6.07, 6.45) is 4.39. The van der Waals surface area contributed by atoms with E-state index in [2.05, 4.69) is 25.1 Å². The van der Waals surface area contributed by atoms with Gasteiger partial charge < -0.3 is 14.2 Å². The van der Waals surface area contributed by atoms with E-state index in [0.29, 0.717) is 0 Å². The third kappa shape index (κ3) is 2.06. The zero-order chi connectivity index (χ0) is 15.1. The van der Waals surface area contributed by atoms with Crippen LogP contribution in [0.25, 0.3) is 10.2 Å². The first-order valence-corrected chi connectivity index (χ1v) is 7.97. The normalized spacial score (nSPS) is 21.8. The van der Waals surface area contributed by atoms with Crippen molar-refractivity contribution in [1.82, 2.24) is 24.7 Å². The molecular formula is C14H16N6OS. The van der Waals surface area contributed by atoms with Crippen molar-refractivity contribution in [2.45, 2.75) is 18.6 Å². The smallest absolute Gasteiger partial charge is 0.155 e. The average Bonchev–Trinajstić information content (AvgIpc) is 3.24. The van der Waals surface area contributed by atoms with Gasteiger partial charge in [-0.1, -0.05) is 0 Å². The number of nitrogens with zero attached hydrogens (tertiary/aromatic N) is 6. The fraction of sp³-hybridized carbons (Fsp3) is 0.429. The van der Waals surface area contributed by atoms with Crippen molar-refractivity contribution >= 4 is 27.4 Å². The fourth-order valence-electron chi connectivity index (χ4n) is 3.02. The zero-order valence-corrected chi connectivity index (χ0v) is 13.2. The van der Waals surface area contributed by atoms with Crippen molar-refractivity contribution in [1.29, 1.82) is 0 Å². The molecule has 0 aliphatic carbocycles. The number of anilines is 1. The second-order valence-electron chi connectivity index (χ2n) is 5.39. The van der Waals surface area contributed by atoms with Crippen molar-refractivity contribution in [2.75, 3.05) is 18.6 Å². The highest BCUT2D eigenvalue weighted by Gasteiger charge is 2.37. The number of methoxy groups -OCH3 is 1. The molecule has 1 aliphatic heterocycles. The minimum Gasteiger partial charge on any atom is -0.380 e. The van der Waals surface area contributed by atoms with E-state index in [9.17, 15) is 0 Å². The van der Waals surface area contributed by atoms with Crippen molar-refractivity contribution < 1.29 is 4.74 Å². The summed E-state index contributed by atoms with van der Waals surface area (Å²) >= 11 is 1.66. The molecule has 0 aromatic carbocycles. The number of hydrogen-bond acceptors (Lipinski definition) is 7.